The van der Waals surface area contributed by atoms with Crippen molar-refractivity contribution in [3.8, 4) is 0 Å². The summed E-state index contributed by atoms with van der Waals surface area (Å²) in [6, 6.07) is 0.340. The summed E-state index contributed by atoms with van der Waals surface area (Å²) < 4.78 is 1.45. The van der Waals surface area contributed by atoms with E-state index in [2.05, 4.69) is 18.9 Å². The summed E-state index contributed by atoms with van der Waals surface area (Å²) in [4.78, 5) is 24.9. The van der Waals surface area contributed by atoms with Gasteiger partial charge in [0.2, 0.25) is 5.91 Å². The maximum Gasteiger partial charge on any atom is 0.312 e. The maximum atomic E-state index is 12.5. The Labute approximate surface area is 124 Å². The number of carbonyl (C=O) groups is 1. The summed E-state index contributed by atoms with van der Waals surface area (Å²) in [5.41, 5.74) is 0.794. The van der Waals surface area contributed by atoms with Gasteiger partial charge in [-0.1, -0.05) is 13.8 Å². The minimum absolute atomic E-state index is 0.00429. The van der Waals surface area contributed by atoms with Gasteiger partial charge in [0.15, 0.2) is 0 Å². The first-order chi connectivity index (χ1) is 9.81. The molecule has 0 spiro atoms. The average Bonchev–Trinajstić information content (AvgIpc) is 3.14. The number of nitro groups is 1. The zero-order chi connectivity index (χ0) is 15.7. The number of hydrogen-bond donors (Lipinski definition) is 0. The molecule has 1 saturated carbocycles. The van der Waals surface area contributed by atoms with Gasteiger partial charge in [-0.3, -0.25) is 19.6 Å². The molecule has 1 aliphatic rings. The summed E-state index contributed by atoms with van der Waals surface area (Å²) in [6.07, 6.45) is 2.10. The minimum Gasteiger partial charge on any atom is -0.338 e. The van der Waals surface area contributed by atoms with Gasteiger partial charge < -0.3 is 4.90 Å². The third-order valence-electron chi connectivity index (χ3n) is 3.68. The van der Waals surface area contributed by atoms with Crippen molar-refractivity contribution < 1.29 is 9.72 Å². The van der Waals surface area contributed by atoms with Crippen molar-refractivity contribution in [2.24, 2.45) is 5.92 Å². The first-order valence-electron chi connectivity index (χ1n) is 7.29. The van der Waals surface area contributed by atoms with Crippen LogP contribution in [0.25, 0.3) is 0 Å². The maximum absolute atomic E-state index is 12.5. The van der Waals surface area contributed by atoms with Crippen molar-refractivity contribution in [2.75, 3.05) is 6.54 Å². The molecule has 2 rings (SSSR count). The molecular weight excluding hydrogens is 272 g/mol. The Morgan fingerprint density at radius 3 is 2.52 bits per heavy atom. The number of nitrogens with zero attached hydrogens (tertiary/aromatic N) is 4. The normalized spacial score (nSPS) is 14.5. The van der Waals surface area contributed by atoms with Crippen molar-refractivity contribution in [2.45, 2.75) is 53.1 Å². The molecule has 1 heterocycles. The van der Waals surface area contributed by atoms with Gasteiger partial charge in [-0.15, -0.1) is 0 Å². The van der Waals surface area contributed by atoms with Crippen molar-refractivity contribution in [1.82, 2.24) is 14.7 Å². The van der Waals surface area contributed by atoms with E-state index in [0.29, 0.717) is 23.3 Å². The van der Waals surface area contributed by atoms with Gasteiger partial charge in [0.25, 0.3) is 0 Å². The molecule has 0 atom stereocenters. The molecule has 0 aliphatic heterocycles. The van der Waals surface area contributed by atoms with E-state index in [9.17, 15) is 14.9 Å². The summed E-state index contributed by atoms with van der Waals surface area (Å²) in [6.45, 7) is 8.19. The molecule has 1 fully saturated rings. The predicted molar refractivity (Wildman–Crippen MR) is 77.9 cm³/mol. The van der Waals surface area contributed by atoms with Crippen LogP contribution in [0.3, 0.4) is 0 Å². The molecule has 21 heavy (non-hydrogen) atoms. The van der Waals surface area contributed by atoms with E-state index < -0.39 is 4.92 Å². The van der Waals surface area contributed by atoms with Crippen LogP contribution < -0.4 is 0 Å². The summed E-state index contributed by atoms with van der Waals surface area (Å²) in [7, 11) is 0. The quantitative estimate of drug-likeness (QED) is 0.594. The topological polar surface area (TPSA) is 81.3 Å². The highest BCUT2D eigenvalue weighted by Gasteiger charge is 2.33. The van der Waals surface area contributed by atoms with Crippen LogP contribution >= 0.6 is 0 Å². The van der Waals surface area contributed by atoms with E-state index in [-0.39, 0.29) is 18.1 Å². The molecule has 0 radical (unpaired) electrons. The fourth-order valence-corrected chi connectivity index (χ4v) is 2.56. The molecule has 0 bridgehead atoms. The third-order valence-corrected chi connectivity index (χ3v) is 3.68. The van der Waals surface area contributed by atoms with E-state index >= 15 is 0 Å². The van der Waals surface area contributed by atoms with Gasteiger partial charge in [-0.25, -0.2) is 0 Å². The second-order valence-corrected chi connectivity index (χ2v) is 6.11. The van der Waals surface area contributed by atoms with Crippen LogP contribution in [-0.4, -0.2) is 38.1 Å². The van der Waals surface area contributed by atoms with Gasteiger partial charge in [-0.05, 0) is 32.6 Å². The number of carbonyl (C=O) groups excluding carboxylic acids is 1. The summed E-state index contributed by atoms with van der Waals surface area (Å²) in [5.74, 6) is 0.399. The Hall–Kier alpha value is -1.92. The van der Waals surface area contributed by atoms with Crippen LogP contribution in [-0.2, 0) is 11.3 Å². The number of amides is 1. The fourth-order valence-electron chi connectivity index (χ4n) is 2.56. The molecule has 0 N–H and O–H groups in total. The molecule has 7 nitrogen and oxygen atoms in total. The zero-order valence-electron chi connectivity index (χ0n) is 13.0. The molecule has 1 aromatic heterocycles. The van der Waals surface area contributed by atoms with Gasteiger partial charge in [0.05, 0.1) is 4.92 Å². The summed E-state index contributed by atoms with van der Waals surface area (Å²) >= 11 is 0. The number of hydrogen-bond acceptors (Lipinski definition) is 4. The second-order valence-electron chi connectivity index (χ2n) is 6.11. The highest BCUT2D eigenvalue weighted by molar-refractivity contribution is 5.77. The molecule has 0 unspecified atom stereocenters. The van der Waals surface area contributed by atoms with Crippen LogP contribution in [0.5, 0.6) is 0 Å². The first kappa shape index (κ1) is 15.5. The van der Waals surface area contributed by atoms with Crippen LogP contribution in [0.1, 0.15) is 38.1 Å². The molecular formula is C14H22N4O3. The average molecular weight is 294 g/mol. The number of aromatic nitrogens is 2. The second kappa shape index (κ2) is 5.83. The fraction of sp³-hybridized carbons (Fsp3) is 0.714. The van der Waals surface area contributed by atoms with Crippen LogP contribution in [0, 0.1) is 29.9 Å². The highest BCUT2D eigenvalue weighted by Crippen LogP contribution is 2.28. The predicted octanol–water partition coefficient (Wildman–Crippen LogP) is 2.06. The lowest BCUT2D eigenvalue weighted by atomic mass is 10.2. The Balaban J connectivity index is 2.15. The molecule has 1 aromatic rings. The number of rotatable bonds is 6. The smallest absolute Gasteiger partial charge is 0.312 e. The molecule has 1 amide bonds. The van der Waals surface area contributed by atoms with Crippen LogP contribution in [0.2, 0.25) is 0 Å². The Bertz CT molecular complexity index is 561. The summed E-state index contributed by atoms with van der Waals surface area (Å²) in [5, 5.41) is 15.1. The van der Waals surface area contributed by atoms with Gasteiger partial charge in [0.1, 0.15) is 17.9 Å². The van der Waals surface area contributed by atoms with Gasteiger partial charge in [-0.2, -0.15) is 5.10 Å². The number of aryl methyl sites for hydroxylation is 1. The molecule has 0 aromatic carbocycles. The standard InChI is InChI=1S/C14H22N4O3/c1-9(2)7-16(12-5-6-12)13(19)8-17-11(4)14(18(20)21)10(3)15-17/h9,12H,5-8H2,1-4H3. The zero-order valence-corrected chi connectivity index (χ0v) is 13.0. The Morgan fingerprint density at radius 2 is 2.10 bits per heavy atom. The van der Waals surface area contributed by atoms with E-state index in [1.54, 1.807) is 13.8 Å². The molecule has 1 aliphatic carbocycles. The minimum atomic E-state index is -0.439. The van der Waals surface area contributed by atoms with Crippen molar-refractivity contribution in [3.63, 3.8) is 0 Å². The Morgan fingerprint density at radius 1 is 1.48 bits per heavy atom. The van der Waals surface area contributed by atoms with E-state index in [4.69, 9.17) is 0 Å². The highest BCUT2D eigenvalue weighted by atomic mass is 16.6. The largest absolute Gasteiger partial charge is 0.338 e. The van der Waals surface area contributed by atoms with Crippen molar-refractivity contribution in [1.29, 1.82) is 0 Å². The van der Waals surface area contributed by atoms with Crippen LogP contribution in [0.15, 0.2) is 0 Å². The lowest BCUT2D eigenvalue weighted by Crippen LogP contribution is -2.38. The van der Waals surface area contributed by atoms with Crippen LogP contribution in [0.4, 0.5) is 5.69 Å². The lowest BCUT2D eigenvalue weighted by Gasteiger charge is -2.24. The Kier molecular flexibility index (Phi) is 4.29. The monoisotopic (exact) mass is 294 g/mol. The molecule has 0 saturated heterocycles. The van der Waals surface area contributed by atoms with Crippen molar-refractivity contribution >= 4 is 11.6 Å². The van der Waals surface area contributed by atoms with Gasteiger partial charge in [0, 0.05) is 12.6 Å². The lowest BCUT2D eigenvalue weighted by molar-refractivity contribution is -0.386. The third kappa shape index (κ3) is 3.40. The molecule has 116 valence electrons. The van der Waals surface area contributed by atoms with E-state index in [1.807, 2.05) is 4.90 Å². The first-order valence-corrected chi connectivity index (χ1v) is 7.29. The SMILES string of the molecule is Cc1nn(CC(=O)N(CC(C)C)C2CC2)c(C)c1[N+](=O)[O-]. The van der Waals surface area contributed by atoms with Crippen molar-refractivity contribution in [3.05, 3.63) is 21.5 Å². The van der Waals surface area contributed by atoms with E-state index in [1.165, 1.54) is 4.68 Å². The molecule has 7 heteroatoms. The van der Waals surface area contributed by atoms with Gasteiger partial charge >= 0.3 is 5.69 Å². The van der Waals surface area contributed by atoms with E-state index in [0.717, 1.165) is 19.4 Å².